The van der Waals surface area contributed by atoms with E-state index < -0.39 is 0 Å². The summed E-state index contributed by atoms with van der Waals surface area (Å²) in [5, 5.41) is 3.14. The normalized spacial score (nSPS) is 12.5. The van der Waals surface area contributed by atoms with Gasteiger partial charge in [0.1, 0.15) is 5.82 Å². The van der Waals surface area contributed by atoms with Crippen molar-refractivity contribution in [3.63, 3.8) is 0 Å². The summed E-state index contributed by atoms with van der Waals surface area (Å²) < 4.78 is 0. The van der Waals surface area contributed by atoms with Gasteiger partial charge in [-0.2, -0.15) is 0 Å². The summed E-state index contributed by atoms with van der Waals surface area (Å²) in [6.07, 6.45) is 0.380. The van der Waals surface area contributed by atoms with Gasteiger partial charge in [0.05, 0.1) is 23.5 Å². The molecule has 3 aromatic rings. The van der Waals surface area contributed by atoms with E-state index in [4.69, 9.17) is 0 Å². The first-order valence-corrected chi connectivity index (χ1v) is 8.74. The minimum atomic E-state index is -0.133. The molecule has 0 saturated carbocycles. The highest BCUT2D eigenvalue weighted by Crippen LogP contribution is 2.22. The predicted octanol–water partition coefficient (Wildman–Crippen LogP) is 4.24. The molecule has 0 radical (unpaired) electrons. The van der Waals surface area contributed by atoms with Crippen LogP contribution in [0.25, 0.3) is 11.0 Å². The molecular formula is C21H25N3O. The maximum atomic E-state index is 12.6. The number of carbonyl (C=O) groups excluding carboxylic acids is 1. The van der Waals surface area contributed by atoms with E-state index in [1.165, 1.54) is 11.1 Å². The molecule has 0 aliphatic rings. The summed E-state index contributed by atoms with van der Waals surface area (Å²) in [7, 11) is 0. The summed E-state index contributed by atoms with van der Waals surface area (Å²) in [4.78, 5) is 20.5. The number of nitrogens with one attached hydrogen (secondary N) is 2. The van der Waals surface area contributed by atoms with E-state index in [2.05, 4.69) is 55.1 Å². The number of fused-ring (bicyclic) bond motifs is 1. The molecule has 2 N–H and O–H groups in total. The minimum Gasteiger partial charge on any atom is -0.346 e. The molecule has 25 heavy (non-hydrogen) atoms. The van der Waals surface area contributed by atoms with Crippen molar-refractivity contribution >= 4 is 16.9 Å². The Morgan fingerprint density at radius 1 is 1.12 bits per heavy atom. The second-order valence-corrected chi connectivity index (χ2v) is 7.02. The molecule has 0 unspecified atom stereocenters. The third-order valence-electron chi connectivity index (χ3n) is 4.62. The summed E-state index contributed by atoms with van der Waals surface area (Å²) in [6.45, 7) is 8.33. The van der Waals surface area contributed by atoms with Crippen molar-refractivity contribution in [2.75, 3.05) is 0 Å². The van der Waals surface area contributed by atoms with Crippen molar-refractivity contribution in [1.29, 1.82) is 0 Å². The molecule has 3 rings (SSSR count). The quantitative estimate of drug-likeness (QED) is 0.733. The van der Waals surface area contributed by atoms with Gasteiger partial charge < -0.3 is 10.3 Å². The highest BCUT2D eigenvalue weighted by Gasteiger charge is 2.21. The fraction of sp³-hybridized carbons (Fsp3) is 0.333. The van der Waals surface area contributed by atoms with Gasteiger partial charge >= 0.3 is 0 Å². The maximum absolute atomic E-state index is 12.6. The van der Waals surface area contributed by atoms with E-state index in [1.54, 1.807) is 0 Å². The summed E-state index contributed by atoms with van der Waals surface area (Å²) in [5.41, 5.74) is 5.40. The number of amides is 1. The molecule has 0 saturated heterocycles. The van der Waals surface area contributed by atoms with Crippen molar-refractivity contribution in [2.45, 2.75) is 40.2 Å². The number of aromatic amines is 1. The number of H-pyrrole nitrogens is 1. The topological polar surface area (TPSA) is 57.8 Å². The Morgan fingerprint density at radius 3 is 2.56 bits per heavy atom. The van der Waals surface area contributed by atoms with Crippen molar-refractivity contribution < 1.29 is 4.79 Å². The number of nitrogens with zero attached hydrogens (tertiary/aromatic N) is 1. The van der Waals surface area contributed by atoms with Crippen LogP contribution in [0.15, 0.2) is 42.5 Å². The highest BCUT2D eigenvalue weighted by molar-refractivity contribution is 5.79. The van der Waals surface area contributed by atoms with Gasteiger partial charge in [0.15, 0.2) is 0 Å². The zero-order valence-corrected chi connectivity index (χ0v) is 15.3. The molecule has 2 aromatic carbocycles. The number of para-hydroxylation sites is 2. The molecule has 0 aliphatic heterocycles. The molecule has 0 spiro atoms. The average Bonchev–Trinajstić information content (AvgIpc) is 2.99. The van der Waals surface area contributed by atoms with Gasteiger partial charge in [-0.15, -0.1) is 0 Å². The first-order valence-electron chi connectivity index (χ1n) is 8.74. The zero-order chi connectivity index (χ0) is 18.0. The van der Waals surface area contributed by atoms with Crippen LogP contribution in [0.1, 0.15) is 42.4 Å². The van der Waals surface area contributed by atoms with Gasteiger partial charge in [-0.25, -0.2) is 4.98 Å². The Hall–Kier alpha value is -2.62. The van der Waals surface area contributed by atoms with Crippen LogP contribution in [-0.4, -0.2) is 15.9 Å². The number of aryl methyl sites for hydroxylation is 2. The van der Waals surface area contributed by atoms with Crippen LogP contribution in [0.4, 0.5) is 0 Å². The number of rotatable bonds is 5. The first-order chi connectivity index (χ1) is 11.9. The molecular weight excluding hydrogens is 310 g/mol. The number of imidazole rings is 1. The lowest BCUT2D eigenvalue weighted by atomic mass is 10.0. The number of benzene rings is 2. The van der Waals surface area contributed by atoms with E-state index in [0.29, 0.717) is 6.42 Å². The lowest BCUT2D eigenvalue weighted by molar-refractivity contribution is -0.121. The van der Waals surface area contributed by atoms with Gasteiger partial charge in [0.25, 0.3) is 0 Å². The largest absolute Gasteiger partial charge is 0.346 e. The standard InChI is InChI=1S/C21H25N3O/c1-13(2)20(21-22-17-7-5-6-8-18(17)23-21)24-19(25)12-16-10-9-14(3)15(4)11-16/h5-11,13,20H,12H2,1-4H3,(H,22,23)(H,24,25)/t20-/m0/s1. The van der Waals surface area contributed by atoms with Crippen LogP contribution < -0.4 is 5.32 Å². The van der Waals surface area contributed by atoms with E-state index in [-0.39, 0.29) is 17.9 Å². The third-order valence-corrected chi connectivity index (χ3v) is 4.62. The van der Waals surface area contributed by atoms with Crippen molar-refractivity contribution in [1.82, 2.24) is 15.3 Å². The van der Waals surface area contributed by atoms with Crippen LogP contribution >= 0.6 is 0 Å². The van der Waals surface area contributed by atoms with Crippen molar-refractivity contribution in [3.05, 3.63) is 65.0 Å². The van der Waals surface area contributed by atoms with E-state index >= 15 is 0 Å². The lowest BCUT2D eigenvalue weighted by Crippen LogP contribution is -2.33. The second-order valence-electron chi connectivity index (χ2n) is 7.02. The highest BCUT2D eigenvalue weighted by atomic mass is 16.1. The molecule has 1 amide bonds. The Bertz CT molecular complexity index is 862. The molecule has 1 aromatic heterocycles. The monoisotopic (exact) mass is 335 g/mol. The summed E-state index contributed by atoms with van der Waals surface area (Å²) in [6, 6.07) is 14.0. The van der Waals surface area contributed by atoms with E-state index in [1.807, 2.05) is 30.3 Å². The molecule has 130 valence electrons. The SMILES string of the molecule is Cc1ccc(CC(=O)N[C@H](c2nc3ccccc3[nH]2)C(C)C)cc1C. The Labute approximate surface area is 148 Å². The number of hydrogen-bond acceptors (Lipinski definition) is 2. The average molecular weight is 335 g/mol. The van der Waals surface area contributed by atoms with Crippen LogP contribution in [-0.2, 0) is 11.2 Å². The van der Waals surface area contributed by atoms with Crippen LogP contribution in [0.2, 0.25) is 0 Å². The molecule has 1 atom stereocenters. The second kappa shape index (κ2) is 7.09. The molecule has 4 heteroatoms. The Kier molecular flexibility index (Phi) is 4.88. The Balaban J connectivity index is 1.77. The molecule has 4 nitrogen and oxygen atoms in total. The lowest BCUT2D eigenvalue weighted by Gasteiger charge is -2.20. The summed E-state index contributed by atoms with van der Waals surface area (Å²) >= 11 is 0. The fourth-order valence-electron chi connectivity index (χ4n) is 2.99. The zero-order valence-electron chi connectivity index (χ0n) is 15.3. The fourth-order valence-corrected chi connectivity index (χ4v) is 2.99. The van der Waals surface area contributed by atoms with E-state index in [9.17, 15) is 4.79 Å². The predicted molar refractivity (Wildman–Crippen MR) is 101 cm³/mol. The number of carbonyl (C=O) groups is 1. The van der Waals surface area contributed by atoms with Crippen LogP contribution in [0, 0.1) is 19.8 Å². The van der Waals surface area contributed by atoms with Gasteiger partial charge in [-0.1, -0.05) is 44.2 Å². The van der Waals surface area contributed by atoms with E-state index in [0.717, 1.165) is 22.4 Å². The molecule has 0 bridgehead atoms. The number of aromatic nitrogens is 2. The van der Waals surface area contributed by atoms with Crippen LogP contribution in [0.3, 0.4) is 0 Å². The van der Waals surface area contributed by atoms with Gasteiger partial charge in [0.2, 0.25) is 5.91 Å². The van der Waals surface area contributed by atoms with Crippen molar-refractivity contribution in [2.24, 2.45) is 5.92 Å². The third kappa shape index (κ3) is 3.90. The Morgan fingerprint density at radius 2 is 1.88 bits per heavy atom. The molecule has 1 heterocycles. The van der Waals surface area contributed by atoms with Gasteiger partial charge in [-0.3, -0.25) is 4.79 Å². The smallest absolute Gasteiger partial charge is 0.225 e. The molecule has 0 aliphatic carbocycles. The van der Waals surface area contributed by atoms with Crippen molar-refractivity contribution in [3.8, 4) is 0 Å². The minimum absolute atomic E-state index is 0.0161. The summed E-state index contributed by atoms with van der Waals surface area (Å²) in [5.74, 6) is 1.07. The maximum Gasteiger partial charge on any atom is 0.225 e. The first kappa shape index (κ1) is 17.2. The van der Waals surface area contributed by atoms with Gasteiger partial charge in [-0.05, 0) is 48.6 Å². The van der Waals surface area contributed by atoms with Crippen LogP contribution in [0.5, 0.6) is 0 Å². The van der Waals surface area contributed by atoms with Gasteiger partial charge in [0, 0.05) is 0 Å². The number of hydrogen-bond donors (Lipinski definition) is 2. The molecule has 0 fully saturated rings.